The molecule has 3 unspecified atom stereocenters. The largest absolute Gasteiger partial charge is 0.352 e. The number of hydrogen-bond acceptors (Lipinski definition) is 3. The van der Waals surface area contributed by atoms with E-state index < -0.39 is 0 Å². The van der Waals surface area contributed by atoms with Crippen molar-refractivity contribution in [1.82, 2.24) is 15.5 Å². The van der Waals surface area contributed by atoms with Crippen molar-refractivity contribution < 1.29 is 4.79 Å². The van der Waals surface area contributed by atoms with E-state index in [0.29, 0.717) is 18.1 Å². The van der Waals surface area contributed by atoms with Gasteiger partial charge in [-0.1, -0.05) is 6.42 Å². The third-order valence-corrected chi connectivity index (χ3v) is 5.59. The second kappa shape index (κ2) is 6.25. The Morgan fingerprint density at radius 2 is 1.67 bits per heavy atom. The van der Waals surface area contributed by atoms with Crippen molar-refractivity contribution in [3.05, 3.63) is 0 Å². The molecule has 0 aromatic rings. The Morgan fingerprint density at radius 1 is 1.05 bits per heavy atom. The van der Waals surface area contributed by atoms with Gasteiger partial charge in [-0.2, -0.15) is 0 Å². The lowest BCUT2D eigenvalue weighted by Crippen LogP contribution is -2.61. The number of carbonyl (C=O) groups excluding carboxylic acids is 1. The summed E-state index contributed by atoms with van der Waals surface area (Å²) >= 11 is 0. The van der Waals surface area contributed by atoms with Crippen LogP contribution in [0.25, 0.3) is 0 Å². The van der Waals surface area contributed by atoms with Gasteiger partial charge in [-0.05, 0) is 58.3 Å². The number of nitrogens with one attached hydrogen (secondary N) is 2. The SMILES string of the molecule is CC(NC1C2CCCC1CN(C(C)C)C2)C(=O)NC1CC1. The van der Waals surface area contributed by atoms with Crippen LogP contribution in [0.4, 0.5) is 0 Å². The number of piperidine rings is 1. The highest BCUT2D eigenvalue weighted by molar-refractivity contribution is 5.81. The quantitative estimate of drug-likeness (QED) is 0.812. The van der Waals surface area contributed by atoms with Crippen molar-refractivity contribution in [3.63, 3.8) is 0 Å². The molecule has 3 rings (SSSR count). The van der Waals surface area contributed by atoms with Crippen molar-refractivity contribution in [2.24, 2.45) is 11.8 Å². The molecule has 3 atom stereocenters. The van der Waals surface area contributed by atoms with Crippen molar-refractivity contribution in [3.8, 4) is 0 Å². The van der Waals surface area contributed by atoms with Crippen molar-refractivity contribution in [2.45, 2.75) is 77.0 Å². The number of nitrogens with zero attached hydrogens (tertiary/aromatic N) is 1. The molecule has 2 bridgehead atoms. The first kappa shape index (κ1) is 15.3. The molecule has 0 spiro atoms. The average molecular weight is 293 g/mol. The molecule has 2 aliphatic carbocycles. The Hall–Kier alpha value is -0.610. The zero-order valence-corrected chi connectivity index (χ0v) is 13.8. The Morgan fingerprint density at radius 3 is 2.19 bits per heavy atom. The first-order valence-electron chi connectivity index (χ1n) is 8.85. The summed E-state index contributed by atoms with van der Waals surface area (Å²) in [5, 5.41) is 6.80. The van der Waals surface area contributed by atoms with E-state index in [0.717, 1.165) is 24.7 Å². The van der Waals surface area contributed by atoms with Gasteiger partial charge < -0.3 is 15.5 Å². The molecule has 0 aromatic heterocycles. The van der Waals surface area contributed by atoms with Gasteiger partial charge >= 0.3 is 0 Å². The minimum absolute atomic E-state index is 0.0516. The molecule has 0 radical (unpaired) electrons. The van der Waals surface area contributed by atoms with E-state index in [1.165, 1.54) is 32.4 Å². The minimum Gasteiger partial charge on any atom is -0.352 e. The second-order valence-corrected chi connectivity index (χ2v) is 7.70. The van der Waals surface area contributed by atoms with Gasteiger partial charge in [0.05, 0.1) is 6.04 Å². The molecule has 3 aliphatic rings. The van der Waals surface area contributed by atoms with Gasteiger partial charge in [0.15, 0.2) is 0 Å². The summed E-state index contributed by atoms with van der Waals surface area (Å²) < 4.78 is 0. The Balaban J connectivity index is 1.58. The molecular weight excluding hydrogens is 262 g/mol. The smallest absolute Gasteiger partial charge is 0.237 e. The van der Waals surface area contributed by atoms with Gasteiger partial charge in [0.25, 0.3) is 0 Å². The predicted molar refractivity (Wildman–Crippen MR) is 85.1 cm³/mol. The third-order valence-electron chi connectivity index (χ3n) is 5.59. The standard InChI is InChI=1S/C17H31N3O/c1-11(2)20-9-13-5-4-6-14(10-20)16(13)18-12(3)17(21)19-15-7-8-15/h11-16,18H,4-10H2,1-3H3,(H,19,21). The molecule has 2 N–H and O–H groups in total. The van der Waals surface area contributed by atoms with Gasteiger partial charge in [0.2, 0.25) is 5.91 Å². The first-order chi connectivity index (χ1) is 10.0. The zero-order chi connectivity index (χ0) is 15.0. The van der Waals surface area contributed by atoms with Gasteiger partial charge in [-0.25, -0.2) is 0 Å². The number of likely N-dealkylation sites (tertiary alicyclic amines) is 1. The lowest BCUT2D eigenvalue weighted by molar-refractivity contribution is -0.123. The van der Waals surface area contributed by atoms with E-state index in [2.05, 4.69) is 29.4 Å². The summed E-state index contributed by atoms with van der Waals surface area (Å²) in [4.78, 5) is 14.8. The van der Waals surface area contributed by atoms with E-state index in [9.17, 15) is 4.79 Å². The topological polar surface area (TPSA) is 44.4 Å². The minimum atomic E-state index is -0.0516. The number of fused-ring (bicyclic) bond motifs is 2. The maximum Gasteiger partial charge on any atom is 0.237 e. The maximum absolute atomic E-state index is 12.2. The van der Waals surface area contributed by atoms with E-state index in [1.807, 2.05) is 6.92 Å². The number of carbonyl (C=O) groups is 1. The van der Waals surface area contributed by atoms with E-state index in [4.69, 9.17) is 0 Å². The highest BCUT2D eigenvalue weighted by Crippen LogP contribution is 2.35. The highest BCUT2D eigenvalue weighted by atomic mass is 16.2. The lowest BCUT2D eigenvalue weighted by atomic mass is 9.73. The van der Waals surface area contributed by atoms with E-state index >= 15 is 0 Å². The summed E-state index contributed by atoms with van der Waals surface area (Å²) in [5.41, 5.74) is 0. The van der Waals surface area contributed by atoms with Crippen LogP contribution in [0.2, 0.25) is 0 Å². The maximum atomic E-state index is 12.2. The molecule has 3 fully saturated rings. The molecule has 1 saturated heterocycles. The Labute approximate surface area is 129 Å². The molecule has 4 nitrogen and oxygen atoms in total. The molecular formula is C17H31N3O. The monoisotopic (exact) mass is 293 g/mol. The highest BCUT2D eigenvalue weighted by Gasteiger charge is 2.41. The normalized spacial score (nSPS) is 34.8. The molecule has 4 heteroatoms. The molecule has 21 heavy (non-hydrogen) atoms. The molecule has 1 aliphatic heterocycles. The number of amides is 1. The van der Waals surface area contributed by atoms with Crippen LogP contribution in [-0.4, -0.2) is 48.1 Å². The number of rotatable bonds is 5. The fraction of sp³-hybridized carbons (Fsp3) is 0.941. The average Bonchev–Trinajstić information content (AvgIpc) is 3.21. The fourth-order valence-corrected chi connectivity index (χ4v) is 4.08. The fourth-order valence-electron chi connectivity index (χ4n) is 4.08. The number of hydrogen-bond donors (Lipinski definition) is 2. The van der Waals surface area contributed by atoms with Crippen LogP contribution >= 0.6 is 0 Å². The van der Waals surface area contributed by atoms with Crippen LogP contribution in [0, 0.1) is 11.8 Å². The molecule has 0 aromatic carbocycles. The summed E-state index contributed by atoms with van der Waals surface area (Å²) in [6, 6.07) is 1.59. The van der Waals surface area contributed by atoms with Gasteiger partial charge in [0, 0.05) is 31.2 Å². The molecule has 2 saturated carbocycles. The Bertz CT molecular complexity index is 366. The molecule has 120 valence electrons. The summed E-state index contributed by atoms with van der Waals surface area (Å²) in [7, 11) is 0. The lowest BCUT2D eigenvalue weighted by Gasteiger charge is -2.49. The van der Waals surface area contributed by atoms with Crippen LogP contribution < -0.4 is 10.6 Å². The van der Waals surface area contributed by atoms with E-state index in [1.54, 1.807) is 0 Å². The van der Waals surface area contributed by atoms with Crippen LogP contribution in [0.15, 0.2) is 0 Å². The summed E-state index contributed by atoms with van der Waals surface area (Å²) in [5.74, 6) is 1.63. The van der Waals surface area contributed by atoms with Gasteiger partial charge in [-0.15, -0.1) is 0 Å². The van der Waals surface area contributed by atoms with Crippen molar-refractivity contribution >= 4 is 5.91 Å². The van der Waals surface area contributed by atoms with Crippen molar-refractivity contribution in [2.75, 3.05) is 13.1 Å². The first-order valence-corrected chi connectivity index (χ1v) is 8.85. The van der Waals surface area contributed by atoms with Crippen LogP contribution in [-0.2, 0) is 4.79 Å². The Kier molecular flexibility index (Phi) is 4.55. The van der Waals surface area contributed by atoms with Crippen LogP contribution in [0.5, 0.6) is 0 Å². The molecule has 1 amide bonds. The third kappa shape index (κ3) is 3.59. The summed E-state index contributed by atoms with van der Waals surface area (Å²) in [6.07, 6.45) is 6.32. The van der Waals surface area contributed by atoms with E-state index in [-0.39, 0.29) is 11.9 Å². The molecule has 1 heterocycles. The predicted octanol–water partition coefficient (Wildman–Crippen LogP) is 1.75. The van der Waals surface area contributed by atoms with Crippen molar-refractivity contribution in [1.29, 1.82) is 0 Å². The zero-order valence-electron chi connectivity index (χ0n) is 13.8. The van der Waals surface area contributed by atoms with Gasteiger partial charge in [0.1, 0.15) is 0 Å². The summed E-state index contributed by atoms with van der Waals surface area (Å²) in [6.45, 7) is 9.03. The van der Waals surface area contributed by atoms with Crippen LogP contribution in [0.1, 0.15) is 52.9 Å². The van der Waals surface area contributed by atoms with Gasteiger partial charge in [-0.3, -0.25) is 4.79 Å². The second-order valence-electron chi connectivity index (χ2n) is 7.70. The van der Waals surface area contributed by atoms with Crippen LogP contribution in [0.3, 0.4) is 0 Å².